The van der Waals surface area contributed by atoms with E-state index in [2.05, 4.69) is 10.6 Å². The van der Waals surface area contributed by atoms with Crippen molar-refractivity contribution in [3.8, 4) is 0 Å². The zero-order chi connectivity index (χ0) is 17.4. The second-order valence-electron chi connectivity index (χ2n) is 5.58. The van der Waals surface area contributed by atoms with E-state index in [0.29, 0.717) is 39.3 Å². The quantitative estimate of drug-likeness (QED) is 0.598. The molecular weight excluding hydrogens is 386 g/mol. The molecule has 0 spiro atoms. The minimum absolute atomic E-state index is 0. The van der Waals surface area contributed by atoms with Crippen molar-refractivity contribution in [2.24, 2.45) is 0 Å². The van der Waals surface area contributed by atoms with Crippen molar-refractivity contribution < 1.29 is 17.9 Å². The van der Waals surface area contributed by atoms with Crippen molar-refractivity contribution in [2.75, 3.05) is 46.4 Å². The monoisotopic (exact) mass is 411 g/mol. The summed E-state index contributed by atoms with van der Waals surface area (Å²) in [6.45, 7) is 3.42. The molecule has 0 unspecified atom stereocenters. The minimum atomic E-state index is -3.59. The van der Waals surface area contributed by atoms with Crippen LogP contribution in [0.5, 0.6) is 0 Å². The van der Waals surface area contributed by atoms with Crippen LogP contribution in [0.1, 0.15) is 28.9 Å². The Balaban J connectivity index is 0.00000312. The Morgan fingerprint density at radius 3 is 2.64 bits per heavy atom. The molecule has 0 aliphatic carbocycles. The molecule has 7 nitrogen and oxygen atoms in total. The van der Waals surface area contributed by atoms with Gasteiger partial charge in [0.15, 0.2) is 0 Å². The van der Waals surface area contributed by atoms with E-state index in [1.54, 1.807) is 12.5 Å². The fourth-order valence-electron chi connectivity index (χ4n) is 2.55. The Morgan fingerprint density at radius 2 is 1.96 bits per heavy atom. The Bertz CT molecular complexity index is 630. The standard InChI is InChI=1S/C15H25N3O4S2.ClH/c1-22-11-8-16-6-7-17-15(19)14-13(5-12-23-14)24(20,21)18-9-3-2-4-10-18;/h5,12,16H,2-4,6-11H2,1H3,(H,17,19);1H. The zero-order valence-corrected chi connectivity index (χ0v) is 16.8. The summed E-state index contributed by atoms with van der Waals surface area (Å²) in [4.78, 5) is 12.7. The van der Waals surface area contributed by atoms with Crippen molar-refractivity contribution in [1.29, 1.82) is 0 Å². The van der Waals surface area contributed by atoms with Crippen LogP contribution in [0, 0.1) is 0 Å². The Labute approximate surface area is 159 Å². The second kappa shape index (κ2) is 11.1. The van der Waals surface area contributed by atoms with Crippen LogP contribution in [0.25, 0.3) is 0 Å². The Hall–Kier alpha value is -0.710. The van der Waals surface area contributed by atoms with Gasteiger partial charge in [-0.05, 0) is 24.3 Å². The summed E-state index contributed by atoms with van der Waals surface area (Å²) in [6.07, 6.45) is 2.80. The predicted octanol–water partition coefficient (Wildman–Crippen LogP) is 1.31. The first kappa shape index (κ1) is 22.3. The lowest BCUT2D eigenvalue weighted by Gasteiger charge is -2.25. The molecule has 1 saturated heterocycles. The molecule has 2 N–H and O–H groups in total. The molecule has 0 radical (unpaired) electrons. The molecule has 1 fully saturated rings. The van der Waals surface area contributed by atoms with E-state index < -0.39 is 10.0 Å². The number of carbonyl (C=O) groups excluding carboxylic acids is 1. The maximum atomic E-state index is 12.7. The van der Waals surface area contributed by atoms with Crippen LogP contribution in [0.3, 0.4) is 0 Å². The topological polar surface area (TPSA) is 87.7 Å². The van der Waals surface area contributed by atoms with Crippen LogP contribution in [-0.2, 0) is 14.8 Å². The molecule has 0 bridgehead atoms. The van der Waals surface area contributed by atoms with E-state index in [9.17, 15) is 13.2 Å². The molecule has 2 heterocycles. The summed E-state index contributed by atoms with van der Waals surface area (Å²) in [7, 11) is -1.96. The number of carbonyl (C=O) groups is 1. The summed E-state index contributed by atoms with van der Waals surface area (Å²) in [6, 6.07) is 1.53. The molecule has 1 aliphatic heterocycles. The lowest BCUT2D eigenvalue weighted by atomic mass is 10.2. The van der Waals surface area contributed by atoms with E-state index in [-0.39, 0.29) is 28.1 Å². The lowest BCUT2D eigenvalue weighted by molar-refractivity contribution is 0.0954. The average Bonchev–Trinajstić information content (AvgIpc) is 3.09. The summed E-state index contributed by atoms with van der Waals surface area (Å²) >= 11 is 1.16. The highest BCUT2D eigenvalue weighted by molar-refractivity contribution is 7.89. The van der Waals surface area contributed by atoms with E-state index in [1.165, 1.54) is 10.4 Å². The molecular formula is C15H26ClN3O4S2. The first-order valence-electron chi connectivity index (χ1n) is 8.13. The van der Waals surface area contributed by atoms with Crippen molar-refractivity contribution >= 4 is 39.7 Å². The fourth-order valence-corrected chi connectivity index (χ4v) is 5.39. The number of ether oxygens (including phenoxy) is 1. The number of nitrogens with zero attached hydrogens (tertiary/aromatic N) is 1. The largest absolute Gasteiger partial charge is 0.383 e. The zero-order valence-electron chi connectivity index (χ0n) is 14.3. The number of hydrogen-bond donors (Lipinski definition) is 2. The summed E-state index contributed by atoms with van der Waals surface area (Å²) in [5.41, 5.74) is 0. The van der Waals surface area contributed by atoms with Crippen LogP contribution in [-0.4, -0.2) is 65.1 Å². The molecule has 1 aromatic heterocycles. The van der Waals surface area contributed by atoms with Gasteiger partial charge in [-0.1, -0.05) is 6.42 Å². The van der Waals surface area contributed by atoms with Crippen molar-refractivity contribution in [3.05, 3.63) is 16.3 Å². The van der Waals surface area contributed by atoms with E-state index in [1.807, 2.05) is 0 Å². The van der Waals surface area contributed by atoms with Gasteiger partial charge in [-0.2, -0.15) is 4.31 Å². The van der Waals surface area contributed by atoms with Gasteiger partial charge in [-0.25, -0.2) is 8.42 Å². The molecule has 10 heteroatoms. The first-order valence-corrected chi connectivity index (χ1v) is 10.4. The summed E-state index contributed by atoms with van der Waals surface area (Å²) < 4.78 is 31.9. The number of sulfonamides is 1. The Kier molecular flexibility index (Phi) is 9.91. The maximum absolute atomic E-state index is 12.7. The smallest absolute Gasteiger partial charge is 0.262 e. The van der Waals surface area contributed by atoms with Gasteiger partial charge in [0.05, 0.1) is 6.61 Å². The van der Waals surface area contributed by atoms with Gasteiger partial charge in [0.25, 0.3) is 5.91 Å². The molecule has 0 aromatic carbocycles. The van der Waals surface area contributed by atoms with E-state index in [4.69, 9.17) is 4.74 Å². The lowest BCUT2D eigenvalue weighted by Crippen LogP contribution is -2.37. The molecule has 0 atom stereocenters. The molecule has 1 amide bonds. The number of nitrogens with one attached hydrogen (secondary N) is 2. The third kappa shape index (κ3) is 6.19. The Morgan fingerprint density at radius 1 is 1.24 bits per heavy atom. The molecule has 0 saturated carbocycles. The summed E-state index contributed by atoms with van der Waals surface area (Å²) in [5.74, 6) is -0.339. The van der Waals surface area contributed by atoms with Crippen LogP contribution in [0.15, 0.2) is 16.3 Å². The van der Waals surface area contributed by atoms with Gasteiger partial charge < -0.3 is 15.4 Å². The van der Waals surface area contributed by atoms with Gasteiger partial charge in [0.2, 0.25) is 10.0 Å². The van der Waals surface area contributed by atoms with Crippen molar-refractivity contribution in [2.45, 2.75) is 24.2 Å². The SMILES string of the molecule is COCCNCCNC(=O)c1sccc1S(=O)(=O)N1CCCCC1.Cl. The predicted molar refractivity (Wildman–Crippen MR) is 101 cm³/mol. The van der Waals surface area contributed by atoms with E-state index in [0.717, 1.165) is 30.6 Å². The van der Waals surface area contributed by atoms with Gasteiger partial charge in [-0.15, -0.1) is 23.7 Å². The second-order valence-corrected chi connectivity index (χ2v) is 8.40. The number of amides is 1. The molecule has 1 aliphatic rings. The highest BCUT2D eigenvalue weighted by Crippen LogP contribution is 2.27. The third-order valence-corrected chi connectivity index (χ3v) is 6.82. The van der Waals surface area contributed by atoms with Crippen molar-refractivity contribution in [1.82, 2.24) is 14.9 Å². The highest BCUT2D eigenvalue weighted by atomic mass is 35.5. The molecule has 1 aromatic rings. The fraction of sp³-hybridized carbons (Fsp3) is 0.667. The number of rotatable bonds is 9. The van der Waals surface area contributed by atoms with Gasteiger partial charge in [-0.3, -0.25) is 4.79 Å². The van der Waals surface area contributed by atoms with E-state index >= 15 is 0 Å². The molecule has 25 heavy (non-hydrogen) atoms. The first-order chi connectivity index (χ1) is 11.6. The molecule has 2 rings (SSSR count). The van der Waals surface area contributed by atoms with Crippen LogP contribution >= 0.6 is 23.7 Å². The number of piperidine rings is 1. The summed E-state index contributed by atoms with van der Waals surface area (Å²) in [5, 5.41) is 7.54. The molecule has 144 valence electrons. The van der Waals surface area contributed by atoms with Crippen LogP contribution in [0.4, 0.5) is 0 Å². The van der Waals surface area contributed by atoms with Gasteiger partial charge in [0.1, 0.15) is 9.77 Å². The minimum Gasteiger partial charge on any atom is -0.383 e. The maximum Gasteiger partial charge on any atom is 0.262 e. The number of thiophene rings is 1. The van der Waals surface area contributed by atoms with Crippen molar-refractivity contribution in [3.63, 3.8) is 0 Å². The van der Waals surface area contributed by atoms with Crippen LogP contribution < -0.4 is 10.6 Å². The average molecular weight is 412 g/mol. The number of halogens is 1. The number of methoxy groups -OCH3 is 1. The highest BCUT2D eigenvalue weighted by Gasteiger charge is 2.30. The van der Waals surface area contributed by atoms with Crippen LogP contribution in [0.2, 0.25) is 0 Å². The van der Waals surface area contributed by atoms with Gasteiger partial charge in [0, 0.05) is 39.8 Å². The van der Waals surface area contributed by atoms with Gasteiger partial charge >= 0.3 is 0 Å². The number of hydrogen-bond acceptors (Lipinski definition) is 6. The third-order valence-electron chi connectivity index (χ3n) is 3.84. The normalized spacial score (nSPS) is 15.6.